The molecule has 8 nitrogen and oxygen atoms in total. The summed E-state index contributed by atoms with van der Waals surface area (Å²) in [6, 6.07) is 6.14. The number of piperazine rings is 1. The Morgan fingerprint density at radius 1 is 1.23 bits per heavy atom. The van der Waals surface area contributed by atoms with Crippen LogP contribution in [0.2, 0.25) is 0 Å². The number of fused-ring (bicyclic) bond motifs is 1. The molecule has 166 valence electrons. The van der Waals surface area contributed by atoms with Gasteiger partial charge >= 0.3 is 0 Å². The largest absolute Gasteiger partial charge is 0.384 e. The van der Waals surface area contributed by atoms with Gasteiger partial charge in [-0.3, -0.25) is 4.90 Å². The summed E-state index contributed by atoms with van der Waals surface area (Å²) >= 11 is 1.74. The SMILES string of the molecule is CN1CCN(CCNc2cc(N)nc3cc(-c4ccnn4C4CCCCO4)sc23)CC1. The van der Waals surface area contributed by atoms with Crippen molar-refractivity contribution in [3.63, 3.8) is 0 Å². The van der Waals surface area contributed by atoms with Crippen molar-refractivity contribution in [3.8, 4) is 10.6 Å². The normalized spacial score (nSPS) is 21.0. The maximum absolute atomic E-state index is 6.13. The lowest BCUT2D eigenvalue weighted by Gasteiger charge is -2.32. The molecule has 5 heterocycles. The lowest BCUT2D eigenvalue weighted by molar-refractivity contribution is -0.0383. The summed E-state index contributed by atoms with van der Waals surface area (Å²) in [6.45, 7) is 7.25. The zero-order valence-corrected chi connectivity index (χ0v) is 18.9. The number of nitrogen functional groups attached to an aromatic ring is 1. The number of pyridine rings is 1. The molecule has 3 aromatic heterocycles. The van der Waals surface area contributed by atoms with Gasteiger partial charge in [-0.15, -0.1) is 11.3 Å². The molecule has 0 aromatic carbocycles. The number of aromatic nitrogens is 3. The molecule has 0 aliphatic carbocycles. The highest BCUT2D eigenvalue weighted by Gasteiger charge is 2.21. The van der Waals surface area contributed by atoms with Crippen LogP contribution in [-0.2, 0) is 4.74 Å². The molecular weight excluding hydrogens is 410 g/mol. The van der Waals surface area contributed by atoms with Gasteiger partial charge in [-0.2, -0.15) is 5.10 Å². The van der Waals surface area contributed by atoms with Crippen LogP contribution in [0.4, 0.5) is 11.5 Å². The summed E-state index contributed by atoms with van der Waals surface area (Å²) in [4.78, 5) is 10.6. The molecule has 9 heteroatoms. The highest BCUT2D eigenvalue weighted by molar-refractivity contribution is 7.22. The first-order valence-corrected chi connectivity index (χ1v) is 12.0. The molecule has 2 aliphatic heterocycles. The van der Waals surface area contributed by atoms with Crippen LogP contribution < -0.4 is 11.1 Å². The molecule has 5 rings (SSSR count). The molecule has 2 aliphatic rings. The number of hydrogen-bond donors (Lipinski definition) is 2. The molecule has 0 radical (unpaired) electrons. The van der Waals surface area contributed by atoms with Gasteiger partial charge in [-0.05, 0) is 38.4 Å². The van der Waals surface area contributed by atoms with Crippen molar-refractivity contribution >= 4 is 33.1 Å². The van der Waals surface area contributed by atoms with E-state index in [4.69, 9.17) is 10.5 Å². The predicted molar refractivity (Wildman–Crippen MR) is 127 cm³/mol. The average molecular weight is 442 g/mol. The average Bonchev–Trinajstić information content (AvgIpc) is 3.42. The molecular formula is C22H31N7OS. The fourth-order valence-corrected chi connectivity index (χ4v) is 5.48. The molecule has 2 saturated heterocycles. The fraction of sp³-hybridized carbons (Fsp3) is 0.545. The molecule has 1 unspecified atom stereocenters. The van der Waals surface area contributed by atoms with Gasteiger partial charge in [0.05, 0.1) is 26.5 Å². The van der Waals surface area contributed by atoms with Crippen molar-refractivity contribution in [1.82, 2.24) is 24.6 Å². The van der Waals surface area contributed by atoms with Crippen LogP contribution in [-0.4, -0.2) is 77.5 Å². The number of likely N-dealkylation sites (N-methyl/N-ethyl adjacent to an activating group) is 1. The Kier molecular flexibility index (Phi) is 6.08. The van der Waals surface area contributed by atoms with E-state index in [-0.39, 0.29) is 6.23 Å². The Bertz CT molecular complexity index is 1020. The Hall–Kier alpha value is -2.20. The Morgan fingerprint density at radius 2 is 2.10 bits per heavy atom. The summed E-state index contributed by atoms with van der Waals surface area (Å²) < 4.78 is 9.13. The summed E-state index contributed by atoms with van der Waals surface area (Å²) in [7, 11) is 2.19. The summed E-state index contributed by atoms with van der Waals surface area (Å²) in [5.41, 5.74) is 9.20. The minimum absolute atomic E-state index is 0.0168. The maximum Gasteiger partial charge on any atom is 0.150 e. The van der Waals surface area contributed by atoms with Crippen LogP contribution >= 0.6 is 11.3 Å². The second kappa shape index (κ2) is 9.12. The standard InChI is InChI=1S/C22H31N7OS/c1-27-9-11-28(12-10-27)8-7-24-16-15-20(23)26-17-14-19(31-22(16)17)18-5-6-25-29(18)21-4-2-3-13-30-21/h5-6,14-15,21H,2-4,7-13H2,1H3,(H3,23,24,26). The Labute approximate surface area is 187 Å². The van der Waals surface area contributed by atoms with Crippen LogP contribution in [0.3, 0.4) is 0 Å². The summed E-state index contributed by atoms with van der Waals surface area (Å²) in [6.07, 6.45) is 5.18. The molecule has 3 aromatic rings. The number of ether oxygens (including phenoxy) is 1. The van der Waals surface area contributed by atoms with E-state index in [9.17, 15) is 0 Å². The quantitative estimate of drug-likeness (QED) is 0.608. The topological polar surface area (TPSA) is 84.5 Å². The van der Waals surface area contributed by atoms with E-state index in [1.54, 1.807) is 11.3 Å². The van der Waals surface area contributed by atoms with Gasteiger partial charge in [0.1, 0.15) is 5.82 Å². The van der Waals surface area contributed by atoms with Gasteiger partial charge in [-0.25, -0.2) is 9.67 Å². The number of rotatable bonds is 6. The van der Waals surface area contributed by atoms with E-state index >= 15 is 0 Å². The number of nitrogens with two attached hydrogens (primary N) is 1. The Morgan fingerprint density at radius 3 is 2.90 bits per heavy atom. The van der Waals surface area contributed by atoms with Gasteiger partial charge < -0.3 is 20.7 Å². The van der Waals surface area contributed by atoms with Gasteiger partial charge in [-0.1, -0.05) is 0 Å². The van der Waals surface area contributed by atoms with Gasteiger partial charge in [0.15, 0.2) is 6.23 Å². The van der Waals surface area contributed by atoms with Crippen LogP contribution in [0.5, 0.6) is 0 Å². The monoisotopic (exact) mass is 441 g/mol. The number of hydrogen-bond acceptors (Lipinski definition) is 8. The minimum atomic E-state index is 0.0168. The molecule has 1 atom stereocenters. The third-order valence-corrected chi connectivity index (χ3v) is 7.37. The first kappa shape index (κ1) is 20.7. The maximum atomic E-state index is 6.13. The van der Waals surface area contributed by atoms with E-state index in [1.807, 2.05) is 16.9 Å². The zero-order valence-electron chi connectivity index (χ0n) is 18.1. The highest BCUT2D eigenvalue weighted by Crippen LogP contribution is 2.39. The number of thiophene rings is 1. The lowest BCUT2D eigenvalue weighted by atomic mass is 10.2. The smallest absolute Gasteiger partial charge is 0.150 e. The van der Waals surface area contributed by atoms with Crippen LogP contribution in [0.25, 0.3) is 20.8 Å². The molecule has 0 saturated carbocycles. The van der Waals surface area contributed by atoms with Crippen LogP contribution in [0, 0.1) is 0 Å². The Balaban J connectivity index is 1.35. The minimum Gasteiger partial charge on any atom is -0.384 e. The molecule has 0 bridgehead atoms. The molecule has 2 fully saturated rings. The summed E-state index contributed by atoms with van der Waals surface area (Å²) in [5, 5.41) is 8.17. The number of nitrogens with zero attached hydrogens (tertiary/aromatic N) is 5. The van der Waals surface area contributed by atoms with E-state index in [2.05, 4.69) is 44.4 Å². The molecule has 0 amide bonds. The third kappa shape index (κ3) is 4.55. The predicted octanol–water partition coefficient (Wildman–Crippen LogP) is 3.10. The second-order valence-corrected chi connectivity index (χ2v) is 9.53. The van der Waals surface area contributed by atoms with Crippen LogP contribution in [0.15, 0.2) is 24.4 Å². The van der Waals surface area contributed by atoms with Crippen molar-refractivity contribution in [1.29, 1.82) is 0 Å². The first-order chi connectivity index (χ1) is 15.2. The van der Waals surface area contributed by atoms with Crippen molar-refractivity contribution in [2.24, 2.45) is 0 Å². The van der Waals surface area contributed by atoms with Crippen LogP contribution in [0.1, 0.15) is 25.5 Å². The molecule has 31 heavy (non-hydrogen) atoms. The van der Waals surface area contributed by atoms with Gasteiger partial charge in [0.25, 0.3) is 0 Å². The third-order valence-electron chi connectivity index (χ3n) is 6.19. The van der Waals surface area contributed by atoms with E-state index in [1.165, 1.54) is 6.42 Å². The summed E-state index contributed by atoms with van der Waals surface area (Å²) in [5.74, 6) is 0.545. The van der Waals surface area contributed by atoms with E-state index < -0.39 is 0 Å². The molecule has 0 spiro atoms. The van der Waals surface area contributed by atoms with Crippen molar-refractivity contribution in [2.75, 3.05) is 64.0 Å². The fourth-order valence-electron chi connectivity index (χ4n) is 4.38. The van der Waals surface area contributed by atoms with E-state index in [0.717, 1.165) is 85.2 Å². The van der Waals surface area contributed by atoms with Crippen molar-refractivity contribution in [2.45, 2.75) is 25.5 Å². The lowest BCUT2D eigenvalue weighted by Crippen LogP contribution is -2.45. The molecule has 3 N–H and O–H groups in total. The number of nitrogens with one attached hydrogen (secondary N) is 1. The zero-order chi connectivity index (χ0) is 21.2. The van der Waals surface area contributed by atoms with Crippen molar-refractivity contribution < 1.29 is 4.74 Å². The first-order valence-electron chi connectivity index (χ1n) is 11.2. The van der Waals surface area contributed by atoms with Crippen molar-refractivity contribution in [3.05, 3.63) is 24.4 Å². The number of anilines is 2. The second-order valence-electron chi connectivity index (χ2n) is 8.47. The highest BCUT2D eigenvalue weighted by atomic mass is 32.1. The van der Waals surface area contributed by atoms with E-state index in [0.29, 0.717) is 5.82 Å². The van der Waals surface area contributed by atoms with Gasteiger partial charge in [0, 0.05) is 58.1 Å². The van der Waals surface area contributed by atoms with Gasteiger partial charge in [0.2, 0.25) is 0 Å².